The molecule has 33 heavy (non-hydrogen) atoms. The summed E-state index contributed by atoms with van der Waals surface area (Å²) in [5.74, 6) is 0.222. The largest absolute Gasteiger partial charge is 0.489 e. The lowest BCUT2D eigenvalue weighted by Crippen LogP contribution is -2.31. The van der Waals surface area contributed by atoms with E-state index in [2.05, 4.69) is 15.3 Å². The van der Waals surface area contributed by atoms with Gasteiger partial charge in [0.1, 0.15) is 30.5 Å². The van der Waals surface area contributed by atoms with Crippen molar-refractivity contribution in [1.29, 1.82) is 0 Å². The summed E-state index contributed by atoms with van der Waals surface area (Å²) in [7, 11) is 0. The van der Waals surface area contributed by atoms with E-state index in [1.807, 2.05) is 66.7 Å². The van der Waals surface area contributed by atoms with Gasteiger partial charge in [0.2, 0.25) is 0 Å². The number of carbonyl (C=O) groups is 1. The van der Waals surface area contributed by atoms with Crippen LogP contribution in [0.25, 0.3) is 11.3 Å². The Labute approximate surface area is 196 Å². The molecule has 4 aromatic rings. The maximum atomic E-state index is 11.8. The second kappa shape index (κ2) is 10.6. The van der Waals surface area contributed by atoms with Crippen molar-refractivity contribution in [3.05, 3.63) is 107 Å². The van der Waals surface area contributed by atoms with Gasteiger partial charge in [0, 0.05) is 23.1 Å². The average molecular weight is 460 g/mol. The van der Waals surface area contributed by atoms with Gasteiger partial charge in [0.15, 0.2) is 0 Å². The van der Waals surface area contributed by atoms with Crippen molar-refractivity contribution in [2.24, 2.45) is 0 Å². The number of aliphatic carboxylic acids is 1. The Kier molecular flexibility index (Phi) is 7.17. The molecule has 0 aliphatic heterocycles. The summed E-state index contributed by atoms with van der Waals surface area (Å²) in [4.78, 5) is 20.3. The smallest absolute Gasteiger partial charge is 0.326 e. The first-order valence-corrected chi connectivity index (χ1v) is 10.8. The summed E-state index contributed by atoms with van der Waals surface area (Å²) >= 11 is 5.91. The summed E-state index contributed by atoms with van der Waals surface area (Å²) in [6.45, 7) is 0.492. The number of rotatable bonds is 9. The van der Waals surface area contributed by atoms with Crippen LogP contribution in [0.15, 0.2) is 91.3 Å². The molecule has 0 fully saturated rings. The molecule has 0 amide bonds. The lowest BCUT2D eigenvalue weighted by Gasteiger charge is -2.15. The van der Waals surface area contributed by atoms with Gasteiger partial charge < -0.3 is 15.2 Å². The molecule has 7 heteroatoms. The molecule has 2 N–H and O–H groups in total. The number of hydrogen-bond acceptors (Lipinski definition) is 5. The van der Waals surface area contributed by atoms with Gasteiger partial charge in [-0.2, -0.15) is 0 Å². The average Bonchev–Trinajstić information content (AvgIpc) is 2.85. The van der Waals surface area contributed by atoms with Crippen LogP contribution in [0.3, 0.4) is 0 Å². The lowest BCUT2D eigenvalue weighted by atomic mass is 10.1. The van der Waals surface area contributed by atoms with Crippen LogP contribution in [0.2, 0.25) is 5.02 Å². The zero-order valence-corrected chi connectivity index (χ0v) is 18.4. The van der Waals surface area contributed by atoms with Crippen LogP contribution in [-0.4, -0.2) is 27.1 Å². The minimum atomic E-state index is -0.968. The number of benzene rings is 3. The van der Waals surface area contributed by atoms with Crippen molar-refractivity contribution in [2.75, 3.05) is 5.32 Å². The monoisotopic (exact) mass is 459 g/mol. The third-order valence-electron chi connectivity index (χ3n) is 5.04. The SMILES string of the molecule is O=C(O)[C@H](Cc1ccc(Cl)cc1)Nc1cc(-c2ccc(OCc3ccccc3)cc2)ncn1. The Balaban J connectivity index is 1.43. The van der Waals surface area contributed by atoms with Crippen molar-refractivity contribution in [3.8, 4) is 17.0 Å². The lowest BCUT2D eigenvalue weighted by molar-refractivity contribution is -0.137. The molecule has 0 bridgehead atoms. The summed E-state index contributed by atoms with van der Waals surface area (Å²) < 4.78 is 5.83. The Bertz CT molecular complexity index is 1200. The van der Waals surface area contributed by atoms with Crippen LogP contribution in [0.4, 0.5) is 5.82 Å². The van der Waals surface area contributed by atoms with Gasteiger partial charge >= 0.3 is 5.97 Å². The number of nitrogens with zero attached hydrogens (tertiary/aromatic N) is 2. The van der Waals surface area contributed by atoms with E-state index in [0.29, 0.717) is 29.6 Å². The molecule has 1 aromatic heterocycles. The van der Waals surface area contributed by atoms with Crippen LogP contribution < -0.4 is 10.1 Å². The molecule has 1 heterocycles. The van der Waals surface area contributed by atoms with E-state index < -0.39 is 12.0 Å². The van der Waals surface area contributed by atoms with Gasteiger partial charge in [-0.1, -0.05) is 54.1 Å². The van der Waals surface area contributed by atoms with Gasteiger partial charge in [0.05, 0.1) is 5.69 Å². The molecule has 6 nitrogen and oxygen atoms in total. The summed E-state index contributed by atoms with van der Waals surface area (Å²) in [5.41, 5.74) is 3.51. The molecule has 0 aliphatic rings. The van der Waals surface area contributed by atoms with Crippen molar-refractivity contribution in [3.63, 3.8) is 0 Å². The van der Waals surface area contributed by atoms with Crippen LogP contribution in [0.5, 0.6) is 5.75 Å². The highest BCUT2D eigenvalue weighted by molar-refractivity contribution is 6.30. The first-order valence-electron chi connectivity index (χ1n) is 10.4. The number of halogens is 1. The van der Waals surface area contributed by atoms with E-state index in [-0.39, 0.29) is 0 Å². The van der Waals surface area contributed by atoms with Crippen LogP contribution in [0, 0.1) is 0 Å². The van der Waals surface area contributed by atoms with Crippen molar-refractivity contribution >= 4 is 23.4 Å². The fourth-order valence-corrected chi connectivity index (χ4v) is 3.42. The van der Waals surface area contributed by atoms with Crippen LogP contribution >= 0.6 is 11.6 Å². The second-order valence-electron chi connectivity index (χ2n) is 7.45. The highest BCUT2D eigenvalue weighted by Gasteiger charge is 2.19. The Morgan fingerprint density at radius 3 is 2.36 bits per heavy atom. The van der Waals surface area contributed by atoms with E-state index in [4.69, 9.17) is 16.3 Å². The summed E-state index contributed by atoms with van der Waals surface area (Å²) in [6.07, 6.45) is 1.71. The predicted octanol–water partition coefficient (Wildman–Crippen LogP) is 5.48. The van der Waals surface area contributed by atoms with E-state index in [9.17, 15) is 9.90 Å². The standard InChI is InChI=1S/C26H22ClN3O3/c27-21-10-6-18(7-11-21)14-24(26(31)32)30-25-15-23(28-17-29-25)20-8-12-22(13-9-20)33-16-19-4-2-1-3-5-19/h1-13,15,17,24H,14,16H2,(H,31,32)(H,28,29,30)/t24-/m0/s1. The molecule has 0 spiro atoms. The van der Waals surface area contributed by atoms with Gasteiger partial charge in [-0.3, -0.25) is 0 Å². The molecule has 166 valence electrons. The molecule has 0 aliphatic carbocycles. The molecular weight excluding hydrogens is 438 g/mol. The highest BCUT2D eigenvalue weighted by Crippen LogP contribution is 2.23. The second-order valence-corrected chi connectivity index (χ2v) is 7.89. The van der Waals surface area contributed by atoms with E-state index in [1.165, 1.54) is 6.33 Å². The third-order valence-corrected chi connectivity index (χ3v) is 5.29. The summed E-state index contributed by atoms with van der Waals surface area (Å²) in [6, 6.07) is 25.5. The topological polar surface area (TPSA) is 84.3 Å². The van der Waals surface area contributed by atoms with Crippen molar-refractivity contribution in [2.45, 2.75) is 19.1 Å². The highest BCUT2D eigenvalue weighted by atomic mass is 35.5. The van der Waals surface area contributed by atoms with Crippen molar-refractivity contribution in [1.82, 2.24) is 9.97 Å². The zero-order chi connectivity index (χ0) is 23.0. The number of carboxylic acid groups (broad SMARTS) is 1. The minimum Gasteiger partial charge on any atom is -0.489 e. The first-order chi connectivity index (χ1) is 16.1. The first kappa shape index (κ1) is 22.3. The van der Waals surface area contributed by atoms with Gasteiger partial charge in [-0.15, -0.1) is 0 Å². The molecule has 0 saturated carbocycles. The normalized spacial score (nSPS) is 11.5. The number of aromatic nitrogens is 2. The van der Waals surface area contributed by atoms with Crippen molar-refractivity contribution < 1.29 is 14.6 Å². The maximum Gasteiger partial charge on any atom is 0.326 e. The number of hydrogen-bond donors (Lipinski definition) is 2. The molecular formula is C26H22ClN3O3. The fourth-order valence-electron chi connectivity index (χ4n) is 3.29. The number of nitrogens with one attached hydrogen (secondary N) is 1. The molecule has 3 aromatic carbocycles. The molecule has 0 unspecified atom stereocenters. The van der Waals surface area contributed by atoms with Crippen LogP contribution in [-0.2, 0) is 17.8 Å². The van der Waals surface area contributed by atoms with Crippen LogP contribution in [0.1, 0.15) is 11.1 Å². The predicted molar refractivity (Wildman–Crippen MR) is 128 cm³/mol. The molecule has 0 saturated heterocycles. The zero-order valence-electron chi connectivity index (χ0n) is 17.7. The van der Waals surface area contributed by atoms with Gasteiger partial charge in [-0.05, 0) is 47.5 Å². The molecule has 0 radical (unpaired) electrons. The molecule has 1 atom stereocenters. The minimum absolute atomic E-state index is 0.291. The Morgan fingerprint density at radius 2 is 1.67 bits per heavy atom. The summed E-state index contributed by atoms with van der Waals surface area (Å²) in [5, 5.41) is 13.3. The number of anilines is 1. The fraction of sp³-hybridized carbons (Fsp3) is 0.115. The van der Waals surface area contributed by atoms with E-state index >= 15 is 0 Å². The van der Waals surface area contributed by atoms with Gasteiger partial charge in [-0.25, -0.2) is 14.8 Å². The Hall–Kier alpha value is -3.90. The van der Waals surface area contributed by atoms with E-state index in [0.717, 1.165) is 22.4 Å². The van der Waals surface area contributed by atoms with E-state index in [1.54, 1.807) is 18.2 Å². The third kappa shape index (κ3) is 6.30. The molecule has 4 rings (SSSR count). The quantitative estimate of drug-likeness (QED) is 0.344. The number of carboxylic acids is 1. The number of ether oxygens (including phenoxy) is 1. The Morgan fingerprint density at radius 1 is 0.939 bits per heavy atom. The maximum absolute atomic E-state index is 11.8. The van der Waals surface area contributed by atoms with Gasteiger partial charge in [0.25, 0.3) is 0 Å².